The molecule has 9 nitrogen and oxygen atoms in total. The molecular weight excluding hydrogens is 513 g/mol. The molecule has 3 N–H and O–H groups in total. The quantitative estimate of drug-likeness (QED) is 0.425. The van der Waals surface area contributed by atoms with Gasteiger partial charge in [0.2, 0.25) is 10.0 Å². The van der Waals surface area contributed by atoms with E-state index in [0.29, 0.717) is 29.4 Å². The summed E-state index contributed by atoms with van der Waals surface area (Å²) in [6.45, 7) is 2.46. The minimum absolute atomic E-state index is 0.147. The first-order valence-electron chi connectivity index (χ1n) is 11.0. The fraction of sp³-hybridized carbons (Fsp3) is 0.348. The Morgan fingerprint density at radius 2 is 2.00 bits per heavy atom. The standard InChI is InChI=1S/C23H25Cl2N5O4S/c1-13(21-28-19-8-6-15(24)11-20(19)29-21)27-22(31)14-5-7-17(18(25)10-14)23(32)30-9-3-4-16(30)12-26-35(2,33)34/h5-8,10-11,13,16,26H,3-4,9,12H2,1-2H3,(H,27,31)(H,28,29)/t13-,16?/m0/s1. The molecule has 35 heavy (non-hydrogen) atoms. The van der Waals surface area contributed by atoms with Gasteiger partial charge in [-0.1, -0.05) is 23.2 Å². The van der Waals surface area contributed by atoms with Gasteiger partial charge < -0.3 is 15.2 Å². The van der Waals surface area contributed by atoms with Crippen molar-refractivity contribution in [1.82, 2.24) is 24.9 Å². The molecule has 0 spiro atoms. The van der Waals surface area contributed by atoms with Crippen molar-refractivity contribution in [2.45, 2.75) is 31.8 Å². The van der Waals surface area contributed by atoms with E-state index < -0.39 is 16.1 Å². The first kappa shape index (κ1) is 25.4. The van der Waals surface area contributed by atoms with Crippen LogP contribution in [0.5, 0.6) is 0 Å². The first-order valence-corrected chi connectivity index (χ1v) is 13.7. The summed E-state index contributed by atoms with van der Waals surface area (Å²) in [7, 11) is -3.36. The number of likely N-dealkylation sites (tertiary alicyclic amines) is 1. The number of carbonyl (C=O) groups excluding carboxylic acids is 2. The maximum Gasteiger partial charge on any atom is 0.255 e. The summed E-state index contributed by atoms with van der Waals surface area (Å²) in [5.74, 6) is -0.0846. The third-order valence-corrected chi connectivity index (χ3v) is 7.14. The molecule has 1 aliphatic heterocycles. The summed E-state index contributed by atoms with van der Waals surface area (Å²) in [6.07, 6.45) is 2.55. The molecule has 1 saturated heterocycles. The molecule has 1 aromatic heterocycles. The van der Waals surface area contributed by atoms with Gasteiger partial charge in [0.1, 0.15) is 5.82 Å². The van der Waals surface area contributed by atoms with Gasteiger partial charge in [0, 0.05) is 29.7 Å². The Kier molecular flexibility index (Phi) is 7.37. The number of H-pyrrole nitrogens is 1. The van der Waals surface area contributed by atoms with Crippen LogP contribution in [-0.2, 0) is 10.0 Å². The highest BCUT2D eigenvalue weighted by molar-refractivity contribution is 7.88. The number of aromatic nitrogens is 2. The lowest BCUT2D eigenvalue weighted by Crippen LogP contribution is -2.43. The van der Waals surface area contributed by atoms with Gasteiger partial charge in [0.25, 0.3) is 11.8 Å². The lowest BCUT2D eigenvalue weighted by molar-refractivity contribution is 0.0738. The number of rotatable bonds is 7. The molecule has 1 aliphatic rings. The zero-order valence-electron chi connectivity index (χ0n) is 19.1. The Balaban J connectivity index is 1.44. The minimum atomic E-state index is -3.36. The van der Waals surface area contributed by atoms with Crippen LogP contribution in [0.4, 0.5) is 0 Å². The molecule has 0 radical (unpaired) electrons. The number of halogens is 2. The lowest BCUT2D eigenvalue weighted by atomic mass is 10.1. The Bertz CT molecular complexity index is 1390. The highest BCUT2D eigenvalue weighted by Crippen LogP contribution is 2.25. The van der Waals surface area contributed by atoms with Crippen LogP contribution >= 0.6 is 23.2 Å². The smallest absolute Gasteiger partial charge is 0.255 e. The Hall–Kier alpha value is -2.66. The van der Waals surface area contributed by atoms with Gasteiger partial charge in [0.05, 0.1) is 33.9 Å². The van der Waals surface area contributed by atoms with Crippen molar-refractivity contribution in [3.05, 3.63) is 63.4 Å². The van der Waals surface area contributed by atoms with Crippen LogP contribution in [-0.4, -0.2) is 60.5 Å². The molecule has 1 fully saturated rings. The minimum Gasteiger partial charge on any atom is -0.342 e. The van der Waals surface area contributed by atoms with E-state index in [4.69, 9.17) is 23.2 Å². The number of carbonyl (C=O) groups is 2. The number of sulfonamides is 1. The van der Waals surface area contributed by atoms with Crippen molar-refractivity contribution >= 4 is 56.1 Å². The number of aromatic amines is 1. The van der Waals surface area contributed by atoms with Gasteiger partial charge in [-0.3, -0.25) is 9.59 Å². The van der Waals surface area contributed by atoms with Crippen LogP contribution < -0.4 is 10.0 Å². The molecule has 12 heteroatoms. The number of hydrogen-bond donors (Lipinski definition) is 3. The summed E-state index contributed by atoms with van der Waals surface area (Å²) < 4.78 is 25.3. The third-order valence-electron chi connectivity index (χ3n) is 5.90. The largest absolute Gasteiger partial charge is 0.342 e. The molecule has 4 rings (SSSR count). The van der Waals surface area contributed by atoms with Crippen molar-refractivity contribution in [3.63, 3.8) is 0 Å². The van der Waals surface area contributed by atoms with Crippen molar-refractivity contribution in [1.29, 1.82) is 0 Å². The number of imidazole rings is 1. The molecule has 0 saturated carbocycles. The fourth-order valence-electron chi connectivity index (χ4n) is 4.10. The van der Waals surface area contributed by atoms with Crippen LogP contribution in [0.1, 0.15) is 52.3 Å². The highest BCUT2D eigenvalue weighted by Gasteiger charge is 2.31. The second-order valence-electron chi connectivity index (χ2n) is 8.59. The summed E-state index contributed by atoms with van der Waals surface area (Å²) in [5.41, 5.74) is 2.07. The normalized spacial score (nSPS) is 17.0. The summed E-state index contributed by atoms with van der Waals surface area (Å²) >= 11 is 12.4. The van der Waals surface area contributed by atoms with Crippen molar-refractivity contribution in [3.8, 4) is 0 Å². The zero-order chi connectivity index (χ0) is 25.3. The van der Waals surface area contributed by atoms with Crippen molar-refractivity contribution in [2.24, 2.45) is 0 Å². The van der Waals surface area contributed by atoms with Gasteiger partial charge in [-0.25, -0.2) is 18.1 Å². The molecule has 186 valence electrons. The second kappa shape index (κ2) is 10.1. The van der Waals surface area contributed by atoms with Crippen LogP contribution in [0.3, 0.4) is 0 Å². The lowest BCUT2D eigenvalue weighted by Gasteiger charge is -2.25. The van der Waals surface area contributed by atoms with Crippen LogP contribution in [0, 0.1) is 0 Å². The summed E-state index contributed by atoms with van der Waals surface area (Å²) in [6, 6.07) is 9.15. The number of benzene rings is 2. The molecule has 2 amide bonds. The Morgan fingerprint density at radius 3 is 2.71 bits per heavy atom. The maximum absolute atomic E-state index is 13.1. The van der Waals surface area contributed by atoms with Gasteiger partial charge in [-0.2, -0.15) is 0 Å². The average Bonchev–Trinajstić information content (AvgIpc) is 3.43. The molecule has 2 atom stereocenters. The second-order valence-corrected chi connectivity index (χ2v) is 11.3. The predicted octanol–water partition coefficient (Wildman–Crippen LogP) is 3.51. The molecule has 2 aromatic carbocycles. The van der Waals surface area contributed by atoms with Crippen LogP contribution in [0.15, 0.2) is 36.4 Å². The van der Waals surface area contributed by atoms with Crippen LogP contribution in [0.25, 0.3) is 11.0 Å². The van der Waals surface area contributed by atoms with Gasteiger partial charge in [-0.05, 0) is 56.2 Å². The average molecular weight is 538 g/mol. The molecule has 1 unspecified atom stereocenters. The van der Waals surface area contributed by atoms with E-state index in [1.165, 1.54) is 12.1 Å². The molecule has 0 aliphatic carbocycles. The van der Waals surface area contributed by atoms with E-state index in [1.807, 2.05) is 0 Å². The summed E-state index contributed by atoms with van der Waals surface area (Å²) in [5, 5.41) is 3.60. The van der Waals surface area contributed by atoms with E-state index >= 15 is 0 Å². The van der Waals surface area contributed by atoms with Crippen molar-refractivity contribution in [2.75, 3.05) is 19.3 Å². The van der Waals surface area contributed by atoms with E-state index in [1.54, 1.807) is 36.1 Å². The molecule has 0 bridgehead atoms. The van der Waals surface area contributed by atoms with Crippen molar-refractivity contribution < 1.29 is 18.0 Å². The highest BCUT2D eigenvalue weighted by atomic mass is 35.5. The number of amides is 2. The molecule has 3 aromatic rings. The number of nitrogens with zero attached hydrogens (tertiary/aromatic N) is 2. The maximum atomic E-state index is 13.1. The van der Waals surface area contributed by atoms with Gasteiger partial charge in [-0.15, -0.1) is 0 Å². The SMILES string of the molecule is C[C@H](NC(=O)c1ccc(C(=O)N2CCCC2CNS(C)(=O)=O)c(Cl)c1)c1nc2ccc(Cl)cc2[nH]1. The van der Waals surface area contributed by atoms with E-state index in [0.717, 1.165) is 23.7 Å². The first-order chi connectivity index (χ1) is 16.5. The number of fused-ring (bicyclic) bond motifs is 1. The topological polar surface area (TPSA) is 124 Å². The predicted molar refractivity (Wildman–Crippen MR) is 135 cm³/mol. The Morgan fingerprint density at radius 1 is 1.23 bits per heavy atom. The van der Waals surface area contributed by atoms with Gasteiger partial charge >= 0.3 is 0 Å². The number of hydrogen-bond acceptors (Lipinski definition) is 5. The summed E-state index contributed by atoms with van der Waals surface area (Å²) in [4.78, 5) is 35.2. The van der Waals surface area contributed by atoms with Crippen LogP contribution in [0.2, 0.25) is 10.0 Å². The molecule has 2 heterocycles. The third kappa shape index (κ3) is 5.95. The zero-order valence-corrected chi connectivity index (χ0v) is 21.5. The van der Waals surface area contributed by atoms with E-state index in [9.17, 15) is 18.0 Å². The monoisotopic (exact) mass is 537 g/mol. The van der Waals surface area contributed by atoms with E-state index in [-0.39, 0.29) is 35.0 Å². The Labute approximate surface area is 213 Å². The molecular formula is C23H25Cl2N5O4S. The van der Waals surface area contributed by atoms with Gasteiger partial charge in [0.15, 0.2) is 0 Å². The fourth-order valence-corrected chi connectivity index (χ4v) is 5.03. The van der Waals surface area contributed by atoms with E-state index in [2.05, 4.69) is 20.0 Å². The number of nitrogens with one attached hydrogen (secondary N) is 3.